The third-order valence-electron chi connectivity index (χ3n) is 3.01. The zero-order chi connectivity index (χ0) is 15.4. The number of nitrogens with zero attached hydrogens (tertiary/aromatic N) is 1. The summed E-state index contributed by atoms with van der Waals surface area (Å²) in [4.78, 5) is 20.2. The predicted octanol–water partition coefficient (Wildman–Crippen LogP) is 2.99. The van der Waals surface area contributed by atoms with Crippen LogP contribution in [0.1, 0.15) is 11.4 Å². The highest BCUT2D eigenvalue weighted by Crippen LogP contribution is 2.24. The van der Waals surface area contributed by atoms with E-state index in [1.54, 1.807) is 38.3 Å². The molecule has 0 spiro atoms. The fraction of sp³-hybridized carbons (Fsp3) is 0.200. The third-order valence-corrected chi connectivity index (χ3v) is 3.47. The Morgan fingerprint density at radius 3 is 2.48 bits per heavy atom. The number of benzene rings is 1. The van der Waals surface area contributed by atoms with E-state index < -0.39 is 0 Å². The zero-order valence-corrected chi connectivity index (χ0v) is 12.7. The summed E-state index contributed by atoms with van der Waals surface area (Å²) in [6.45, 7) is 1.73. The topological polar surface area (TPSA) is 63.7 Å². The molecule has 0 unspecified atom stereocenters. The number of hydrogen-bond donors (Lipinski definition) is 1. The van der Waals surface area contributed by atoms with Crippen molar-refractivity contribution in [3.05, 3.63) is 50.9 Å². The van der Waals surface area contributed by atoms with E-state index in [-0.39, 0.29) is 10.5 Å². The summed E-state index contributed by atoms with van der Waals surface area (Å²) in [5.41, 5.74) is 2.02. The largest absolute Gasteiger partial charge is 0.497 e. The molecule has 0 aliphatic heterocycles. The molecule has 1 N–H and O–H groups in total. The number of aryl methyl sites for hydroxylation is 1. The Balaban J connectivity index is 2.66. The summed E-state index contributed by atoms with van der Waals surface area (Å²) in [5.74, 6) is 0.709. The maximum Gasteiger partial charge on any atom is 0.208 e. The fourth-order valence-corrected chi connectivity index (χ4v) is 2.11. The van der Waals surface area contributed by atoms with Gasteiger partial charge in [-0.1, -0.05) is 28.9 Å². The third kappa shape index (κ3) is 3.08. The first-order chi connectivity index (χ1) is 10.1. The average molecular weight is 307 g/mol. The number of H-pyrrole nitrogens is 1. The summed E-state index contributed by atoms with van der Waals surface area (Å²) in [6.07, 6.45) is 1.45. The first kappa shape index (κ1) is 15.1. The normalized spacial score (nSPS) is 10.9. The maximum atomic E-state index is 12.4. The lowest BCUT2D eigenvalue weighted by atomic mass is 10.0. The first-order valence-corrected chi connectivity index (χ1v) is 6.59. The number of oxime groups is 1. The molecule has 0 bridgehead atoms. The van der Waals surface area contributed by atoms with Gasteiger partial charge in [-0.25, -0.2) is 0 Å². The van der Waals surface area contributed by atoms with E-state index >= 15 is 0 Å². The van der Waals surface area contributed by atoms with E-state index in [0.717, 1.165) is 5.56 Å². The van der Waals surface area contributed by atoms with Crippen molar-refractivity contribution >= 4 is 17.8 Å². The standard InChI is InChI=1S/C15H15ClN2O3/c1-9-14(16)15(19)13(12(18-9)8-17-21-3)10-4-6-11(20-2)7-5-10/h4-8H,1-3H3,(H,18,19)/b17-8+. The Morgan fingerprint density at radius 2 is 1.90 bits per heavy atom. The number of nitrogens with one attached hydrogen (secondary N) is 1. The van der Waals surface area contributed by atoms with Crippen LogP contribution < -0.4 is 10.2 Å². The Labute approximate surface area is 127 Å². The van der Waals surface area contributed by atoms with Gasteiger partial charge >= 0.3 is 0 Å². The SMILES string of the molecule is CO/N=C/c1[nH]c(C)c(Cl)c(=O)c1-c1ccc(OC)cc1. The van der Waals surface area contributed by atoms with Gasteiger partial charge in [-0.3, -0.25) is 4.79 Å². The number of ether oxygens (including phenoxy) is 1. The summed E-state index contributed by atoms with van der Waals surface area (Å²) in [7, 11) is 3.02. The van der Waals surface area contributed by atoms with E-state index in [4.69, 9.17) is 16.3 Å². The Hall–Kier alpha value is -2.27. The van der Waals surface area contributed by atoms with Gasteiger partial charge in [0.1, 0.15) is 17.9 Å². The van der Waals surface area contributed by atoms with Crippen molar-refractivity contribution in [1.29, 1.82) is 0 Å². The molecule has 0 saturated carbocycles. The van der Waals surface area contributed by atoms with Crippen LogP contribution in [0.15, 0.2) is 34.2 Å². The highest BCUT2D eigenvalue weighted by molar-refractivity contribution is 6.31. The van der Waals surface area contributed by atoms with Gasteiger partial charge < -0.3 is 14.6 Å². The monoisotopic (exact) mass is 306 g/mol. The van der Waals surface area contributed by atoms with Crippen molar-refractivity contribution in [1.82, 2.24) is 4.98 Å². The molecule has 0 saturated heterocycles. The molecule has 1 aromatic heterocycles. The molecule has 5 nitrogen and oxygen atoms in total. The van der Waals surface area contributed by atoms with Gasteiger partial charge in [0.05, 0.1) is 24.6 Å². The lowest BCUT2D eigenvalue weighted by molar-refractivity contribution is 0.215. The van der Waals surface area contributed by atoms with Crippen LogP contribution in [-0.2, 0) is 4.84 Å². The van der Waals surface area contributed by atoms with Crippen LogP contribution in [0.4, 0.5) is 0 Å². The van der Waals surface area contributed by atoms with E-state index in [9.17, 15) is 4.79 Å². The molecule has 6 heteroatoms. The van der Waals surface area contributed by atoms with Crippen LogP contribution in [0, 0.1) is 6.92 Å². The van der Waals surface area contributed by atoms with Gasteiger partial charge in [0.15, 0.2) is 0 Å². The molecule has 0 aliphatic carbocycles. The number of methoxy groups -OCH3 is 1. The van der Waals surface area contributed by atoms with E-state index in [1.807, 2.05) is 0 Å². The molecule has 2 aromatic rings. The summed E-state index contributed by atoms with van der Waals surface area (Å²) < 4.78 is 5.11. The van der Waals surface area contributed by atoms with E-state index in [2.05, 4.69) is 15.0 Å². The summed E-state index contributed by atoms with van der Waals surface area (Å²) >= 11 is 6.05. The molecular formula is C15H15ClN2O3. The lowest BCUT2D eigenvalue weighted by Gasteiger charge is -2.09. The maximum absolute atomic E-state index is 12.4. The van der Waals surface area contributed by atoms with Crippen molar-refractivity contribution in [2.75, 3.05) is 14.2 Å². The number of halogens is 1. The zero-order valence-electron chi connectivity index (χ0n) is 11.9. The van der Waals surface area contributed by atoms with Crippen molar-refractivity contribution < 1.29 is 9.57 Å². The van der Waals surface area contributed by atoms with Gasteiger partial charge in [-0.15, -0.1) is 0 Å². The molecule has 2 rings (SSSR count). The molecule has 0 amide bonds. The fourth-order valence-electron chi connectivity index (χ4n) is 1.97. The summed E-state index contributed by atoms with van der Waals surface area (Å²) in [5, 5.41) is 3.87. The van der Waals surface area contributed by atoms with Crippen molar-refractivity contribution in [3.8, 4) is 16.9 Å². The summed E-state index contributed by atoms with van der Waals surface area (Å²) in [6, 6.07) is 7.14. The van der Waals surface area contributed by atoms with Gasteiger partial charge in [0.25, 0.3) is 0 Å². The molecule has 0 atom stereocenters. The number of aromatic nitrogens is 1. The molecule has 0 aliphatic rings. The highest BCUT2D eigenvalue weighted by atomic mass is 35.5. The van der Waals surface area contributed by atoms with E-state index in [1.165, 1.54) is 13.3 Å². The number of rotatable bonds is 4. The second-order valence-corrected chi connectivity index (χ2v) is 4.71. The van der Waals surface area contributed by atoms with Gasteiger partial charge in [0, 0.05) is 5.69 Å². The molecule has 1 aromatic carbocycles. The molecule has 21 heavy (non-hydrogen) atoms. The van der Waals surface area contributed by atoms with Crippen LogP contribution in [0.2, 0.25) is 5.02 Å². The second kappa shape index (κ2) is 6.45. The van der Waals surface area contributed by atoms with Gasteiger partial charge in [0.2, 0.25) is 5.43 Å². The molecule has 0 radical (unpaired) electrons. The van der Waals surface area contributed by atoms with Crippen molar-refractivity contribution in [2.45, 2.75) is 6.92 Å². The molecular weight excluding hydrogens is 292 g/mol. The van der Waals surface area contributed by atoms with Gasteiger partial charge in [-0.2, -0.15) is 0 Å². The Morgan fingerprint density at radius 1 is 1.24 bits per heavy atom. The van der Waals surface area contributed by atoms with Gasteiger partial charge in [-0.05, 0) is 24.6 Å². The number of hydrogen-bond acceptors (Lipinski definition) is 4. The van der Waals surface area contributed by atoms with Crippen LogP contribution >= 0.6 is 11.6 Å². The Kier molecular flexibility index (Phi) is 4.65. The minimum Gasteiger partial charge on any atom is -0.497 e. The van der Waals surface area contributed by atoms with Crippen LogP contribution in [0.3, 0.4) is 0 Å². The van der Waals surface area contributed by atoms with Crippen molar-refractivity contribution in [3.63, 3.8) is 0 Å². The van der Waals surface area contributed by atoms with Crippen LogP contribution in [-0.4, -0.2) is 25.4 Å². The highest BCUT2D eigenvalue weighted by Gasteiger charge is 2.14. The van der Waals surface area contributed by atoms with Crippen LogP contribution in [0.5, 0.6) is 5.75 Å². The Bertz CT molecular complexity index is 721. The van der Waals surface area contributed by atoms with Crippen LogP contribution in [0.25, 0.3) is 11.1 Å². The predicted molar refractivity (Wildman–Crippen MR) is 83.4 cm³/mol. The molecule has 1 heterocycles. The van der Waals surface area contributed by atoms with Crippen molar-refractivity contribution in [2.24, 2.45) is 5.16 Å². The first-order valence-electron chi connectivity index (χ1n) is 6.21. The lowest BCUT2D eigenvalue weighted by Crippen LogP contribution is -2.13. The smallest absolute Gasteiger partial charge is 0.208 e. The van der Waals surface area contributed by atoms with E-state index in [0.29, 0.717) is 22.7 Å². The average Bonchev–Trinajstić information content (AvgIpc) is 2.51. The number of aromatic amines is 1. The second-order valence-electron chi connectivity index (χ2n) is 4.33. The minimum absolute atomic E-state index is 0.162. The minimum atomic E-state index is -0.254. The number of pyridine rings is 1. The molecule has 110 valence electrons. The molecule has 0 fully saturated rings. The quantitative estimate of drug-likeness (QED) is 0.697.